The van der Waals surface area contributed by atoms with Gasteiger partial charge in [-0.2, -0.15) is 0 Å². The van der Waals surface area contributed by atoms with Gasteiger partial charge in [0.05, 0.1) is 6.93 Å². The molecule has 0 aliphatic carbocycles. The normalized spacial score (nSPS) is 10.6. The Kier molecular flexibility index (Phi) is 1.26. The fourth-order valence-corrected chi connectivity index (χ4v) is 0.570. The molecule has 0 saturated carbocycles. The van der Waals surface area contributed by atoms with Crippen LogP contribution in [0.1, 0.15) is 11.7 Å². The SMILES string of the molecule is [2H]c1cc(C(=O)O)ccc1N. The lowest BCUT2D eigenvalue weighted by Gasteiger charge is -1.93. The molecule has 0 aromatic heterocycles. The van der Waals surface area contributed by atoms with Crippen molar-refractivity contribution in [2.75, 3.05) is 5.73 Å². The van der Waals surface area contributed by atoms with E-state index in [1.54, 1.807) is 0 Å². The van der Waals surface area contributed by atoms with Gasteiger partial charge in [-0.15, -0.1) is 0 Å². The highest BCUT2D eigenvalue weighted by Crippen LogP contribution is 2.04. The zero-order chi connectivity index (χ0) is 8.43. The van der Waals surface area contributed by atoms with Crippen LogP contribution in [0.25, 0.3) is 0 Å². The summed E-state index contributed by atoms with van der Waals surface area (Å²) in [5.74, 6) is -1.04. The van der Waals surface area contributed by atoms with Gasteiger partial charge in [-0.3, -0.25) is 0 Å². The van der Waals surface area contributed by atoms with Crippen LogP contribution in [-0.2, 0) is 0 Å². The summed E-state index contributed by atoms with van der Waals surface area (Å²) in [5, 5.41) is 8.48. The first kappa shape index (κ1) is 5.29. The predicted molar refractivity (Wildman–Crippen MR) is 37.8 cm³/mol. The standard InChI is InChI=1S/C7H7NO2/c8-6-3-1-5(2-4-6)7(9)10/h1-4H,8H2,(H,9,10)/i3D. The van der Waals surface area contributed by atoms with Gasteiger partial charge in [0.1, 0.15) is 0 Å². The molecule has 0 radical (unpaired) electrons. The number of carboxylic acids is 1. The van der Waals surface area contributed by atoms with Gasteiger partial charge in [-0.1, -0.05) is 0 Å². The molecule has 1 aromatic rings. The minimum absolute atomic E-state index is 0.0462. The molecule has 0 spiro atoms. The summed E-state index contributed by atoms with van der Waals surface area (Å²) in [6, 6.07) is 4.05. The first-order valence-corrected chi connectivity index (χ1v) is 2.70. The van der Waals surface area contributed by atoms with Crippen LogP contribution < -0.4 is 5.73 Å². The van der Waals surface area contributed by atoms with E-state index in [0.29, 0.717) is 0 Å². The minimum atomic E-state index is -1.04. The highest BCUT2D eigenvalue weighted by Gasteiger charge is 1.98. The number of nitrogens with two attached hydrogens (primary N) is 1. The molecule has 3 nitrogen and oxygen atoms in total. The van der Waals surface area contributed by atoms with Crippen LogP contribution in [0.2, 0.25) is 0 Å². The molecule has 0 saturated heterocycles. The first-order valence-electron chi connectivity index (χ1n) is 3.20. The summed E-state index contributed by atoms with van der Waals surface area (Å²) >= 11 is 0. The van der Waals surface area contributed by atoms with Crippen molar-refractivity contribution < 1.29 is 11.3 Å². The van der Waals surface area contributed by atoms with Crippen LogP contribution in [0.15, 0.2) is 24.2 Å². The Hall–Kier alpha value is -1.51. The number of anilines is 1. The average Bonchev–Trinajstić information content (AvgIpc) is 1.94. The average molecular weight is 138 g/mol. The van der Waals surface area contributed by atoms with Crippen LogP contribution >= 0.6 is 0 Å². The van der Waals surface area contributed by atoms with Crippen molar-refractivity contribution in [2.24, 2.45) is 0 Å². The lowest BCUT2D eigenvalue weighted by molar-refractivity contribution is 0.0697. The quantitative estimate of drug-likeness (QED) is 0.568. The second kappa shape index (κ2) is 2.39. The molecule has 1 rings (SSSR count). The van der Waals surface area contributed by atoms with E-state index >= 15 is 0 Å². The van der Waals surface area contributed by atoms with Crippen LogP contribution in [0, 0.1) is 0 Å². The third kappa shape index (κ3) is 1.25. The third-order valence-electron chi connectivity index (χ3n) is 1.08. The lowest BCUT2D eigenvalue weighted by atomic mass is 10.2. The number of carbonyl (C=O) groups is 1. The number of benzene rings is 1. The molecule has 1 aromatic carbocycles. The van der Waals surface area contributed by atoms with Crippen molar-refractivity contribution in [1.82, 2.24) is 0 Å². The number of carboxylic acid groups (broad SMARTS) is 1. The second-order valence-corrected chi connectivity index (χ2v) is 1.84. The summed E-state index contributed by atoms with van der Waals surface area (Å²) in [6.45, 7) is 0. The maximum absolute atomic E-state index is 10.3. The van der Waals surface area contributed by atoms with E-state index in [0.717, 1.165) is 0 Å². The molecule has 0 unspecified atom stereocenters. The predicted octanol–water partition coefficient (Wildman–Crippen LogP) is 0.967. The van der Waals surface area contributed by atoms with E-state index in [1.807, 2.05) is 0 Å². The molecule has 0 heterocycles. The Morgan fingerprint density at radius 1 is 1.60 bits per heavy atom. The number of nitrogen functional groups attached to an aromatic ring is 1. The van der Waals surface area contributed by atoms with Gasteiger partial charge in [-0.05, 0) is 24.2 Å². The number of rotatable bonds is 1. The number of hydrogen-bond donors (Lipinski definition) is 2. The fourth-order valence-electron chi connectivity index (χ4n) is 0.570. The molecule has 52 valence electrons. The van der Waals surface area contributed by atoms with Gasteiger partial charge in [0, 0.05) is 5.69 Å². The molecule has 0 aliphatic heterocycles. The fraction of sp³-hybridized carbons (Fsp3) is 0. The van der Waals surface area contributed by atoms with E-state index in [4.69, 9.17) is 12.2 Å². The smallest absolute Gasteiger partial charge is 0.335 e. The van der Waals surface area contributed by atoms with E-state index in [2.05, 4.69) is 0 Å². The van der Waals surface area contributed by atoms with Crippen molar-refractivity contribution in [2.45, 2.75) is 0 Å². The van der Waals surface area contributed by atoms with Gasteiger partial charge < -0.3 is 10.8 Å². The molecule has 10 heavy (non-hydrogen) atoms. The van der Waals surface area contributed by atoms with Crippen molar-refractivity contribution in [3.63, 3.8) is 0 Å². The molecule has 0 amide bonds. The van der Waals surface area contributed by atoms with Crippen LogP contribution in [0.5, 0.6) is 0 Å². The summed E-state index contributed by atoms with van der Waals surface area (Å²) in [5.41, 5.74) is 5.68. The van der Waals surface area contributed by atoms with Gasteiger partial charge in [0.15, 0.2) is 0 Å². The Labute approximate surface area is 59.5 Å². The summed E-state index contributed by atoms with van der Waals surface area (Å²) < 4.78 is 7.17. The molecular formula is C7H7NO2. The van der Waals surface area contributed by atoms with E-state index in [-0.39, 0.29) is 17.3 Å². The Morgan fingerprint density at radius 2 is 2.30 bits per heavy atom. The van der Waals surface area contributed by atoms with Gasteiger partial charge in [0.2, 0.25) is 0 Å². The van der Waals surface area contributed by atoms with Crippen LogP contribution in [-0.4, -0.2) is 11.1 Å². The number of hydrogen-bond acceptors (Lipinski definition) is 2. The Bertz CT molecular complexity index is 298. The van der Waals surface area contributed by atoms with Crippen molar-refractivity contribution in [3.8, 4) is 0 Å². The zero-order valence-corrected chi connectivity index (χ0v) is 5.16. The highest BCUT2D eigenvalue weighted by molar-refractivity contribution is 5.87. The van der Waals surface area contributed by atoms with Crippen LogP contribution in [0.3, 0.4) is 0 Å². The largest absolute Gasteiger partial charge is 0.478 e. The molecule has 0 atom stereocenters. The van der Waals surface area contributed by atoms with E-state index in [1.165, 1.54) is 18.2 Å². The minimum Gasteiger partial charge on any atom is -0.478 e. The molecule has 0 fully saturated rings. The molecule has 0 aliphatic rings. The van der Waals surface area contributed by atoms with Crippen molar-refractivity contribution in [1.29, 1.82) is 0 Å². The Balaban J connectivity index is 3.15. The van der Waals surface area contributed by atoms with E-state index in [9.17, 15) is 4.79 Å². The van der Waals surface area contributed by atoms with Gasteiger partial charge >= 0.3 is 5.97 Å². The van der Waals surface area contributed by atoms with Gasteiger partial charge in [0.25, 0.3) is 0 Å². The lowest BCUT2D eigenvalue weighted by Crippen LogP contribution is -1.95. The summed E-state index contributed by atoms with van der Waals surface area (Å²) in [7, 11) is 0. The maximum atomic E-state index is 10.3. The molecule has 3 N–H and O–H groups in total. The maximum Gasteiger partial charge on any atom is 0.335 e. The van der Waals surface area contributed by atoms with Crippen LogP contribution in [0.4, 0.5) is 5.69 Å². The highest BCUT2D eigenvalue weighted by atomic mass is 16.4. The van der Waals surface area contributed by atoms with Gasteiger partial charge in [-0.25, -0.2) is 4.79 Å². The Morgan fingerprint density at radius 3 is 2.80 bits per heavy atom. The zero-order valence-electron chi connectivity index (χ0n) is 6.16. The van der Waals surface area contributed by atoms with Crippen molar-refractivity contribution in [3.05, 3.63) is 29.8 Å². The molecule has 3 heteroatoms. The summed E-state index contributed by atoms with van der Waals surface area (Å²) in [6.07, 6.45) is 0. The van der Waals surface area contributed by atoms with E-state index < -0.39 is 5.97 Å². The summed E-state index contributed by atoms with van der Waals surface area (Å²) in [4.78, 5) is 10.3. The van der Waals surface area contributed by atoms with Crippen molar-refractivity contribution >= 4 is 11.7 Å². The number of aromatic carboxylic acids is 1. The first-order chi connectivity index (χ1) is 5.11. The second-order valence-electron chi connectivity index (χ2n) is 1.84. The molecule has 0 bridgehead atoms. The topological polar surface area (TPSA) is 63.3 Å². The third-order valence-corrected chi connectivity index (χ3v) is 1.08. The molecular weight excluding hydrogens is 130 g/mol. The monoisotopic (exact) mass is 138 g/mol.